The van der Waals surface area contributed by atoms with Gasteiger partial charge in [-0.25, -0.2) is 0 Å². The molecular weight excluding hydrogens is 390 g/mol. The topological polar surface area (TPSA) is 97.2 Å². The maximum Gasteiger partial charge on any atom is 0.272 e. The summed E-state index contributed by atoms with van der Waals surface area (Å²) >= 11 is 0. The monoisotopic (exact) mass is 415 g/mol. The fourth-order valence-corrected chi connectivity index (χ4v) is 3.05. The summed E-state index contributed by atoms with van der Waals surface area (Å²) in [4.78, 5) is 27.2. The zero-order chi connectivity index (χ0) is 22.4. The lowest BCUT2D eigenvalue weighted by Gasteiger charge is -2.10. The van der Waals surface area contributed by atoms with Gasteiger partial charge in [0.15, 0.2) is 0 Å². The molecule has 6 heteroatoms. The van der Waals surface area contributed by atoms with Crippen LogP contribution >= 0.6 is 0 Å². The predicted octanol–water partition coefficient (Wildman–Crippen LogP) is 5.65. The van der Waals surface area contributed by atoms with Gasteiger partial charge in [0.25, 0.3) is 11.8 Å². The van der Waals surface area contributed by atoms with Gasteiger partial charge in [0.1, 0.15) is 17.2 Å². The molecule has 0 aliphatic rings. The molecule has 31 heavy (non-hydrogen) atoms. The molecule has 6 nitrogen and oxygen atoms in total. The summed E-state index contributed by atoms with van der Waals surface area (Å²) in [6.07, 6.45) is 0. The van der Waals surface area contributed by atoms with Crippen LogP contribution in [0, 0.1) is 6.92 Å². The number of nitrogens with two attached hydrogens (primary N) is 1. The number of nitrogens with one attached hydrogen (secondary N) is 2. The normalized spacial score (nSPS) is 10.2. The van der Waals surface area contributed by atoms with E-state index in [1.165, 1.54) is 0 Å². The molecule has 4 aromatic rings. The van der Waals surface area contributed by atoms with Crippen LogP contribution in [-0.4, -0.2) is 16.8 Å². The highest BCUT2D eigenvalue weighted by Crippen LogP contribution is 2.26. The number of hydrogen-bond donors (Lipinski definition) is 3. The summed E-state index contributed by atoms with van der Waals surface area (Å²) in [5, 5.41) is 3.84. The number of anilines is 1. The number of aromatic amines is 1. The largest absolute Gasteiger partial charge is 0.457 e. The van der Waals surface area contributed by atoms with E-state index in [0.717, 1.165) is 16.5 Å². The minimum atomic E-state index is -0.557. The van der Waals surface area contributed by atoms with Crippen LogP contribution in [0.3, 0.4) is 0 Å². The van der Waals surface area contributed by atoms with Gasteiger partial charge in [-0.2, -0.15) is 0 Å². The molecule has 0 unspecified atom stereocenters. The number of amides is 2. The van der Waals surface area contributed by atoms with E-state index >= 15 is 0 Å². The van der Waals surface area contributed by atoms with Gasteiger partial charge in [0, 0.05) is 16.6 Å². The number of para-hydroxylation sites is 1. The maximum absolute atomic E-state index is 12.5. The Bertz CT molecular complexity index is 1210. The third-order valence-corrected chi connectivity index (χ3v) is 4.52. The van der Waals surface area contributed by atoms with Crippen molar-refractivity contribution in [3.05, 3.63) is 89.6 Å². The van der Waals surface area contributed by atoms with Crippen LogP contribution in [-0.2, 0) is 0 Å². The standard InChI is InChI=1S/C23H19N3O3.C2H6/c1-14-6-7-15-13-20(26-19(15)12-14)23(28)25-16-8-10-17(11-9-16)29-21-5-3-2-4-18(21)22(24)27;1-2/h2-13,26H,1H3,(H2,24,27)(H,25,28);1-2H3. The molecule has 0 aliphatic heterocycles. The molecule has 0 aliphatic carbocycles. The van der Waals surface area contributed by atoms with Crippen molar-refractivity contribution in [3.63, 3.8) is 0 Å². The number of benzene rings is 3. The summed E-state index contributed by atoms with van der Waals surface area (Å²) in [5.41, 5.74) is 8.83. The van der Waals surface area contributed by atoms with Crippen molar-refractivity contribution in [3.8, 4) is 11.5 Å². The number of H-pyrrole nitrogens is 1. The highest BCUT2D eigenvalue weighted by molar-refractivity contribution is 6.06. The first kappa shape index (κ1) is 21.6. The Balaban J connectivity index is 0.00000132. The van der Waals surface area contributed by atoms with Crippen molar-refractivity contribution in [1.29, 1.82) is 0 Å². The molecule has 4 N–H and O–H groups in total. The van der Waals surface area contributed by atoms with Gasteiger partial charge in [-0.05, 0) is 61.0 Å². The van der Waals surface area contributed by atoms with E-state index in [0.29, 0.717) is 28.4 Å². The van der Waals surface area contributed by atoms with Gasteiger partial charge in [-0.15, -0.1) is 0 Å². The second-order valence-electron chi connectivity index (χ2n) is 6.71. The lowest BCUT2D eigenvalue weighted by Crippen LogP contribution is -2.12. The Labute approximate surface area is 181 Å². The molecule has 1 heterocycles. The molecule has 2 amide bonds. The Morgan fingerprint density at radius 3 is 2.35 bits per heavy atom. The first-order valence-electron chi connectivity index (χ1n) is 10.1. The molecule has 1 aromatic heterocycles. The van der Waals surface area contributed by atoms with Crippen LogP contribution in [0.25, 0.3) is 10.9 Å². The van der Waals surface area contributed by atoms with Gasteiger partial charge < -0.3 is 20.8 Å². The Morgan fingerprint density at radius 2 is 1.65 bits per heavy atom. The van der Waals surface area contributed by atoms with E-state index in [-0.39, 0.29) is 5.91 Å². The van der Waals surface area contributed by atoms with Gasteiger partial charge in [-0.3, -0.25) is 9.59 Å². The van der Waals surface area contributed by atoms with Gasteiger partial charge in [0.2, 0.25) is 0 Å². The number of ether oxygens (including phenoxy) is 1. The van der Waals surface area contributed by atoms with Crippen LogP contribution in [0.2, 0.25) is 0 Å². The van der Waals surface area contributed by atoms with Crippen molar-refractivity contribution < 1.29 is 14.3 Å². The molecule has 158 valence electrons. The minimum Gasteiger partial charge on any atom is -0.457 e. The molecule has 3 aromatic carbocycles. The van der Waals surface area contributed by atoms with Crippen LogP contribution in [0.4, 0.5) is 5.69 Å². The van der Waals surface area contributed by atoms with Crippen molar-refractivity contribution in [2.75, 3.05) is 5.32 Å². The van der Waals surface area contributed by atoms with Crippen molar-refractivity contribution in [1.82, 2.24) is 4.98 Å². The van der Waals surface area contributed by atoms with E-state index in [4.69, 9.17) is 10.5 Å². The van der Waals surface area contributed by atoms with Crippen molar-refractivity contribution in [2.24, 2.45) is 5.73 Å². The number of aromatic nitrogens is 1. The van der Waals surface area contributed by atoms with Crippen LogP contribution in [0.5, 0.6) is 11.5 Å². The van der Waals surface area contributed by atoms with Gasteiger partial charge >= 0.3 is 0 Å². The average molecular weight is 415 g/mol. The molecule has 0 saturated carbocycles. The number of primary amides is 1. The van der Waals surface area contributed by atoms with Crippen LogP contribution < -0.4 is 15.8 Å². The maximum atomic E-state index is 12.5. The SMILES string of the molecule is CC.Cc1ccc2cc(C(=O)Nc3ccc(Oc4ccccc4C(N)=O)cc3)[nH]c2c1. The second-order valence-corrected chi connectivity index (χ2v) is 6.71. The first-order chi connectivity index (χ1) is 15.0. The Hall–Kier alpha value is -4.06. The molecule has 0 fully saturated rings. The minimum absolute atomic E-state index is 0.230. The number of fused-ring (bicyclic) bond motifs is 1. The molecular formula is C25H25N3O3. The van der Waals surface area contributed by atoms with Crippen LogP contribution in [0.15, 0.2) is 72.8 Å². The second kappa shape index (κ2) is 9.63. The Morgan fingerprint density at radius 1 is 0.935 bits per heavy atom. The quantitative estimate of drug-likeness (QED) is 0.393. The summed E-state index contributed by atoms with van der Waals surface area (Å²) in [7, 11) is 0. The number of aryl methyl sites for hydroxylation is 1. The Kier molecular flexibility index (Phi) is 6.72. The summed E-state index contributed by atoms with van der Waals surface area (Å²) in [5.74, 6) is 0.118. The molecule has 0 spiro atoms. The molecule has 0 radical (unpaired) electrons. The summed E-state index contributed by atoms with van der Waals surface area (Å²) in [6, 6.07) is 21.5. The molecule has 4 rings (SSSR count). The van der Waals surface area contributed by atoms with Crippen molar-refractivity contribution >= 4 is 28.4 Å². The lowest BCUT2D eigenvalue weighted by atomic mass is 10.2. The molecule has 0 saturated heterocycles. The predicted molar refractivity (Wildman–Crippen MR) is 124 cm³/mol. The third kappa shape index (κ3) is 5.11. The number of hydrogen-bond acceptors (Lipinski definition) is 3. The van der Waals surface area contributed by atoms with Gasteiger partial charge in [0.05, 0.1) is 5.56 Å². The van der Waals surface area contributed by atoms with E-state index in [1.54, 1.807) is 48.5 Å². The number of rotatable bonds is 5. The smallest absolute Gasteiger partial charge is 0.272 e. The highest BCUT2D eigenvalue weighted by Gasteiger charge is 2.11. The zero-order valence-corrected chi connectivity index (χ0v) is 17.7. The summed E-state index contributed by atoms with van der Waals surface area (Å²) in [6.45, 7) is 6.01. The molecule has 0 atom stereocenters. The molecule has 0 bridgehead atoms. The van der Waals surface area contributed by atoms with Crippen molar-refractivity contribution in [2.45, 2.75) is 20.8 Å². The van der Waals surface area contributed by atoms with E-state index in [1.807, 2.05) is 45.0 Å². The van der Waals surface area contributed by atoms with Gasteiger partial charge in [-0.1, -0.05) is 38.1 Å². The highest BCUT2D eigenvalue weighted by atomic mass is 16.5. The number of carbonyl (C=O) groups is 2. The first-order valence-corrected chi connectivity index (χ1v) is 10.1. The third-order valence-electron chi connectivity index (χ3n) is 4.52. The van der Waals surface area contributed by atoms with E-state index in [9.17, 15) is 9.59 Å². The fourth-order valence-electron chi connectivity index (χ4n) is 3.05. The van der Waals surface area contributed by atoms with Crippen LogP contribution in [0.1, 0.15) is 40.3 Å². The summed E-state index contributed by atoms with van der Waals surface area (Å²) < 4.78 is 5.75. The average Bonchev–Trinajstić information content (AvgIpc) is 3.20. The van der Waals surface area contributed by atoms with E-state index < -0.39 is 5.91 Å². The number of carbonyl (C=O) groups excluding carboxylic acids is 2. The zero-order valence-electron chi connectivity index (χ0n) is 17.7. The van der Waals surface area contributed by atoms with E-state index in [2.05, 4.69) is 10.3 Å². The fraction of sp³-hybridized carbons (Fsp3) is 0.120. The lowest BCUT2D eigenvalue weighted by molar-refractivity contribution is 0.0995.